The molecule has 1 saturated heterocycles. The zero-order chi connectivity index (χ0) is 20.7. The number of hydrogen-bond donors (Lipinski definition) is 1. The third-order valence-electron chi connectivity index (χ3n) is 5.76. The van der Waals surface area contributed by atoms with Gasteiger partial charge in [-0.05, 0) is 45.4 Å². The summed E-state index contributed by atoms with van der Waals surface area (Å²) in [6.07, 6.45) is -0.582. The van der Waals surface area contributed by atoms with Gasteiger partial charge in [0.1, 0.15) is 0 Å². The highest BCUT2D eigenvalue weighted by atomic mass is 16.6. The molecular formula is C22H31N3O3. The van der Waals surface area contributed by atoms with Crippen molar-refractivity contribution in [3.05, 3.63) is 36.0 Å². The van der Waals surface area contributed by atoms with Crippen LogP contribution in [0.15, 0.2) is 30.5 Å². The second-order valence-corrected chi connectivity index (χ2v) is 8.30. The topological polar surface area (TPSA) is 61.9 Å². The molecule has 0 bridgehead atoms. The molecule has 2 aliphatic heterocycles. The Bertz CT molecular complexity index is 804. The number of fused-ring (bicyclic) bond motifs is 1. The molecule has 6 nitrogen and oxygen atoms in total. The second-order valence-electron chi connectivity index (χ2n) is 8.30. The highest BCUT2D eigenvalue weighted by Gasteiger charge is 2.38. The Balaban J connectivity index is 2.08. The molecule has 0 saturated carbocycles. The van der Waals surface area contributed by atoms with E-state index in [1.165, 1.54) is 0 Å². The molecule has 0 aliphatic carbocycles. The molecule has 6 heteroatoms. The second kappa shape index (κ2) is 7.49. The van der Waals surface area contributed by atoms with Gasteiger partial charge in [0.25, 0.3) is 0 Å². The number of rotatable bonds is 2. The molecule has 2 amide bonds. The molecule has 1 aromatic rings. The summed E-state index contributed by atoms with van der Waals surface area (Å²) >= 11 is 0. The van der Waals surface area contributed by atoms with E-state index in [-0.39, 0.29) is 42.0 Å². The van der Waals surface area contributed by atoms with Crippen LogP contribution in [0.25, 0.3) is 0 Å². The quantitative estimate of drug-likeness (QED) is 0.835. The number of carbonyl (C=O) groups is 2. The molecule has 1 fully saturated rings. The van der Waals surface area contributed by atoms with E-state index in [4.69, 9.17) is 4.74 Å². The van der Waals surface area contributed by atoms with Crippen molar-refractivity contribution in [2.75, 3.05) is 16.3 Å². The first-order chi connectivity index (χ1) is 13.1. The molecule has 1 aromatic carbocycles. The molecule has 0 spiro atoms. The summed E-state index contributed by atoms with van der Waals surface area (Å²) in [5, 5.41) is 3.43. The van der Waals surface area contributed by atoms with Gasteiger partial charge in [-0.3, -0.25) is 9.69 Å². The average Bonchev–Trinajstić information content (AvgIpc) is 2.85. The van der Waals surface area contributed by atoms with Gasteiger partial charge in [0.2, 0.25) is 5.91 Å². The van der Waals surface area contributed by atoms with Crippen molar-refractivity contribution in [1.29, 1.82) is 0 Å². The lowest BCUT2D eigenvalue weighted by Gasteiger charge is -2.41. The normalized spacial score (nSPS) is 26.9. The van der Waals surface area contributed by atoms with E-state index in [2.05, 4.69) is 31.8 Å². The lowest BCUT2D eigenvalue weighted by molar-refractivity contribution is -0.117. The minimum absolute atomic E-state index is 0.0315. The first kappa shape index (κ1) is 20.2. The Morgan fingerprint density at radius 2 is 1.89 bits per heavy atom. The fraction of sp³-hybridized carbons (Fsp3) is 0.545. The number of allylic oxidation sites excluding steroid dienone is 1. The number of hydrogen-bond acceptors (Lipinski definition) is 4. The summed E-state index contributed by atoms with van der Waals surface area (Å²) in [5.41, 5.74) is 3.64. The zero-order valence-electron chi connectivity index (χ0n) is 17.7. The van der Waals surface area contributed by atoms with E-state index in [1.807, 2.05) is 32.9 Å². The third-order valence-corrected chi connectivity index (χ3v) is 5.76. The smallest absolute Gasteiger partial charge is 0.414 e. The number of nitrogens with one attached hydrogen (secondary N) is 1. The van der Waals surface area contributed by atoms with Gasteiger partial charge in [0.05, 0.1) is 23.5 Å². The molecule has 3 unspecified atom stereocenters. The van der Waals surface area contributed by atoms with Crippen molar-refractivity contribution >= 4 is 23.4 Å². The fourth-order valence-corrected chi connectivity index (χ4v) is 4.51. The first-order valence-corrected chi connectivity index (χ1v) is 9.99. The van der Waals surface area contributed by atoms with Crippen LogP contribution in [-0.2, 0) is 9.53 Å². The largest absolute Gasteiger partial charge is 0.446 e. The van der Waals surface area contributed by atoms with Crippen molar-refractivity contribution in [3.8, 4) is 0 Å². The van der Waals surface area contributed by atoms with Crippen LogP contribution in [-0.4, -0.2) is 36.7 Å². The molecular weight excluding hydrogens is 354 g/mol. The van der Waals surface area contributed by atoms with E-state index in [1.54, 1.807) is 16.7 Å². The Kier molecular flexibility index (Phi) is 5.41. The van der Waals surface area contributed by atoms with Crippen molar-refractivity contribution < 1.29 is 14.3 Å². The van der Waals surface area contributed by atoms with Crippen LogP contribution in [0.5, 0.6) is 0 Å². The summed E-state index contributed by atoms with van der Waals surface area (Å²) in [6.45, 7) is 16.0. The van der Waals surface area contributed by atoms with Crippen LogP contribution in [0.1, 0.15) is 53.0 Å². The maximum absolute atomic E-state index is 12.8. The predicted molar refractivity (Wildman–Crippen MR) is 112 cm³/mol. The fourth-order valence-electron chi connectivity index (χ4n) is 4.51. The number of carbonyl (C=O) groups excluding carboxylic acids is 2. The van der Waals surface area contributed by atoms with E-state index in [9.17, 15) is 9.59 Å². The first-order valence-electron chi connectivity index (χ1n) is 9.99. The Morgan fingerprint density at radius 3 is 2.43 bits per heavy atom. The number of amides is 2. The van der Waals surface area contributed by atoms with Crippen molar-refractivity contribution in [2.45, 2.75) is 65.6 Å². The lowest BCUT2D eigenvalue weighted by atomic mass is 9.84. The summed E-state index contributed by atoms with van der Waals surface area (Å²) in [5.74, 6) is 0.512. The molecule has 0 aromatic heterocycles. The van der Waals surface area contributed by atoms with E-state index >= 15 is 0 Å². The summed E-state index contributed by atoms with van der Waals surface area (Å²) < 4.78 is 5.47. The van der Waals surface area contributed by atoms with E-state index < -0.39 is 0 Å². The van der Waals surface area contributed by atoms with Gasteiger partial charge in [0, 0.05) is 37.0 Å². The minimum Gasteiger partial charge on any atom is -0.446 e. The molecule has 28 heavy (non-hydrogen) atoms. The maximum atomic E-state index is 12.8. The van der Waals surface area contributed by atoms with Gasteiger partial charge in [0.15, 0.2) is 0 Å². The van der Waals surface area contributed by atoms with Crippen LogP contribution in [0, 0.1) is 5.92 Å². The summed E-state index contributed by atoms with van der Waals surface area (Å²) in [4.78, 5) is 28.5. The van der Waals surface area contributed by atoms with Gasteiger partial charge >= 0.3 is 6.09 Å². The Hall–Kier alpha value is -2.50. The Labute approximate surface area is 167 Å². The van der Waals surface area contributed by atoms with Crippen molar-refractivity contribution in [3.63, 3.8) is 0 Å². The number of ether oxygens (including phenoxy) is 1. The van der Waals surface area contributed by atoms with Gasteiger partial charge < -0.3 is 15.0 Å². The van der Waals surface area contributed by atoms with Gasteiger partial charge in [-0.1, -0.05) is 19.6 Å². The minimum atomic E-state index is -0.376. The van der Waals surface area contributed by atoms with Gasteiger partial charge in [-0.15, -0.1) is 0 Å². The lowest BCUT2D eigenvalue weighted by Crippen LogP contribution is -2.51. The highest BCUT2D eigenvalue weighted by Crippen LogP contribution is 2.43. The van der Waals surface area contributed by atoms with E-state index in [0.29, 0.717) is 6.54 Å². The van der Waals surface area contributed by atoms with E-state index in [0.717, 1.165) is 22.6 Å². The average molecular weight is 386 g/mol. The van der Waals surface area contributed by atoms with Crippen LogP contribution in [0.3, 0.4) is 0 Å². The molecule has 152 valence electrons. The van der Waals surface area contributed by atoms with Crippen molar-refractivity contribution in [1.82, 2.24) is 5.32 Å². The van der Waals surface area contributed by atoms with Crippen molar-refractivity contribution in [2.24, 2.45) is 5.92 Å². The number of nitrogens with zero attached hydrogens (tertiary/aromatic N) is 2. The summed E-state index contributed by atoms with van der Waals surface area (Å²) in [6, 6.07) is 6.19. The predicted octanol–water partition coefficient (Wildman–Crippen LogP) is 4.02. The molecule has 4 atom stereocenters. The number of benzene rings is 1. The maximum Gasteiger partial charge on any atom is 0.414 e. The molecule has 2 aliphatic rings. The van der Waals surface area contributed by atoms with Gasteiger partial charge in [-0.2, -0.15) is 0 Å². The molecule has 3 rings (SSSR count). The SMILES string of the molecule is C=C1NC(C)C(c2ccc3c(c2)N(C(=O)OC(C)C)C[C@H](C)N3C(C)=O)C1C. The molecule has 0 radical (unpaired) electrons. The van der Waals surface area contributed by atoms with Crippen LogP contribution in [0.2, 0.25) is 0 Å². The van der Waals surface area contributed by atoms with Gasteiger partial charge in [-0.25, -0.2) is 4.79 Å². The Morgan fingerprint density at radius 1 is 1.21 bits per heavy atom. The molecule has 2 heterocycles. The molecule has 1 N–H and O–H groups in total. The van der Waals surface area contributed by atoms with Crippen LogP contribution in [0.4, 0.5) is 16.2 Å². The number of anilines is 2. The third kappa shape index (κ3) is 3.48. The van der Waals surface area contributed by atoms with Crippen LogP contribution >= 0.6 is 0 Å². The summed E-state index contributed by atoms with van der Waals surface area (Å²) in [7, 11) is 0. The van der Waals surface area contributed by atoms with Crippen LogP contribution < -0.4 is 15.1 Å². The highest BCUT2D eigenvalue weighted by molar-refractivity contribution is 6.02. The zero-order valence-corrected chi connectivity index (χ0v) is 17.7. The monoisotopic (exact) mass is 385 g/mol. The standard InChI is InChI=1S/C22H31N3O3/c1-12(2)28-22(27)24-11-13(3)25(17(7)26)19-9-8-18(10-20(19)24)21-14(4)15(5)23-16(21)6/h8-10,12-14,16,21,23H,5,11H2,1-4,6-7H3/t13-,14?,16?,21?/m0/s1.